The van der Waals surface area contributed by atoms with Gasteiger partial charge >= 0.3 is 0 Å². The van der Waals surface area contributed by atoms with Crippen molar-refractivity contribution in [2.45, 2.75) is 24.8 Å². The summed E-state index contributed by atoms with van der Waals surface area (Å²) in [6.45, 7) is 2.71. The van der Waals surface area contributed by atoms with Crippen LogP contribution in [0.5, 0.6) is 0 Å². The molecule has 3 aromatic rings. The van der Waals surface area contributed by atoms with E-state index in [1.807, 2.05) is 37.3 Å². The number of aryl methyl sites for hydroxylation is 1. The largest absolute Gasteiger partial charge is 0.336 e. The van der Waals surface area contributed by atoms with Crippen LogP contribution in [-0.4, -0.2) is 32.3 Å². The SMILES string of the molecule is Cc1ccccc1N(CC(=O)N1CCc2ccccc2C1)S(=O)(=O)c1ccccc1. The van der Waals surface area contributed by atoms with Crippen LogP contribution >= 0.6 is 0 Å². The second-order valence-corrected chi connectivity index (χ2v) is 9.31. The van der Waals surface area contributed by atoms with Crippen molar-refractivity contribution in [2.24, 2.45) is 0 Å². The molecule has 1 aliphatic rings. The van der Waals surface area contributed by atoms with Gasteiger partial charge in [-0.05, 0) is 48.2 Å². The van der Waals surface area contributed by atoms with Crippen molar-refractivity contribution < 1.29 is 13.2 Å². The van der Waals surface area contributed by atoms with E-state index in [1.165, 1.54) is 9.87 Å². The summed E-state index contributed by atoms with van der Waals surface area (Å²) in [5, 5.41) is 0. The molecule has 1 amide bonds. The quantitative estimate of drug-likeness (QED) is 0.631. The summed E-state index contributed by atoms with van der Waals surface area (Å²) in [6, 6.07) is 23.6. The molecule has 5 nitrogen and oxygen atoms in total. The number of carbonyl (C=O) groups excluding carboxylic acids is 1. The van der Waals surface area contributed by atoms with Crippen molar-refractivity contribution in [1.82, 2.24) is 4.90 Å². The Hall–Kier alpha value is -3.12. The van der Waals surface area contributed by atoms with Crippen LogP contribution in [0.25, 0.3) is 0 Å². The van der Waals surface area contributed by atoms with Crippen LogP contribution in [-0.2, 0) is 27.8 Å². The number of para-hydroxylation sites is 1. The molecular formula is C24H24N2O3S. The zero-order valence-corrected chi connectivity index (χ0v) is 17.7. The molecule has 6 heteroatoms. The molecule has 4 rings (SSSR count). The maximum Gasteiger partial charge on any atom is 0.264 e. The molecule has 0 fully saturated rings. The van der Waals surface area contributed by atoms with Gasteiger partial charge in [0, 0.05) is 13.1 Å². The Labute approximate surface area is 177 Å². The first-order chi connectivity index (χ1) is 14.5. The van der Waals surface area contributed by atoms with Gasteiger partial charge in [0.2, 0.25) is 5.91 Å². The molecule has 30 heavy (non-hydrogen) atoms. The van der Waals surface area contributed by atoms with E-state index in [1.54, 1.807) is 47.4 Å². The minimum absolute atomic E-state index is 0.171. The predicted molar refractivity (Wildman–Crippen MR) is 118 cm³/mol. The topological polar surface area (TPSA) is 57.7 Å². The molecule has 0 aromatic heterocycles. The van der Waals surface area contributed by atoms with Crippen molar-refractivity contribution in [2.75, 3.05) is 17.4 Å². The molecule has 0 saturated carbocycles. The molecule has 0 unspecified atom stereocenters. The molecule has 0 atom stereocenters. The molecule has 1 heterocycles. The molecule has 0 radical (unpaired) electrons. The first-order valence-corrected chi connectivity index (χ1v) is 11.4. The lowest BCUT2D eigenvalue weighted by Gasteiger charge is -2.32. The van der Waals surface area contributed by atoms with Crippen LogP contribution in [0, 0.1) is 6.92 Å². The highest BCUT2D eigenvalue weighted by Crippen LogP contribution is 2.27. The van der Waals surface area contributed by atoms with Crippen LogP contribution in [0.4, 0.5) is 5.69 Å². The van der Waals surface area contributed by atoms with E-state index >= 15 is 0 Å². The van der Waals surface area contributed by atoms with Gasteiger partial charge in [0.1, 0.15) is 6.54 Å². The number of hydrogen-bond donors (Lipinski definition) is 0. The fourth-order valence-electron chi connectivity index (χ4n) is 3.79. The van der Waals surface area contributed by atoms with E-state index in [-0.39, 0.29) is 17.3 Å². The van der Waals surface area contributed by atoms with Gasteiger partial charge < -0.3 is 4.90 Å². The minimum Gasteiger partial charge on any atom is -0.336 e. The molecule has 0 aliphatic carbocycles. The summed E-state index contributed by atoms with van der Waals surface area (Å²) in [5.74, 6) is -0.202. The monoisotopic (exact) mass is 420 g/mol. The molecule has 0 spiro atoms. The summed E-state index contributed by atoms with van der Waals surface area (Å²) in [4.78, 5) is 15.1. The standard InChI is InChI=1S/C24H24N2O3S/c1-19-9-5-8-14-23(19)26(30(28,29)22-12-3-2-4-13-22)18-24(27)25-16-15-20-10-6-7-11-21(20)17-25/h2-14H,15-18H2,1H3. The first kappa shape index (κ1) is 20.2. The Bertz CT molecular complexity index is 1160. The maximum absolute atomic E-state index is 13.5. The summed E-state index contributed by atoms with van der Waals surface area (Å²) >= 11 is 0. The van der Waals surface area contributed by atoms with Crippen LogP contribution in [0.3, 0.4) is 0 Å². The average molecular weight is 421 g/mol. The number of amides is 1. The number of benzene rings is 3. The highest BCUT2D eigenvalue weighted by atomic mass is 32.2. The Balaban J connectivity index is 1.66. The van der Waals surface area contributed by atoms with E-state index in [0.717, 1.165) is 17.5 Å². The van der Waals surface area contributed by atoms with E-state index < -0.39 is 10.0 Å². The number of nitrogens with zero attached hydrogens (tertiary/aromatic N) is 2. The smallest absolute Gasteiger partial charge is 0.264 e. The Morgan fingerprint density at radius 3 is 2.27 bits per heavy atom. The zero-order valence-electron chi connectivity index (χ0n) is 16.9. The number of hydrogen-bond acceptors (Lipinski definition) is 3. The third-order valence-corrected chi connectivity index (χ3v) is 7.25. The molecule has 0 saturated heterocycles. The molecule has 0 bridgehead atoms. The second kappa shape index (κ2) is 8.32. The molecule has 154 valence electrons. The highest BCUT2D eigenvalue weighted by molar-refractivity contribution is 7.92. The molecular weight excluding hydrogens is 396 g/mol. The lowest BCUT2D eigenvalue weighted by molar-refractivity contribution is -0.130. The number of carbonyl (C=O) groups is 1. The fourth-order valence-corrected chi connectivity index (χ4v) is 5.29. The first-order valence-electron chi connectivity index (χ1n) is 9.95. The third-order valence-electron chi connectivity index (χ3n) is 5.48. The highest BCUT2D eigenvalue weighted by Gasteiger charge is 2.30. The van der Waals surface area contributed by atoms with Crippen molar-refractivity contribution >= 4 is 21.6 Å². The van der Waals surface area contributed by atoms with Crippen molar-refractivity contribution in [1.29, 1.82) is 0 Å². The second-order valence-electron chi connectivity index (χ2n) is 7.45. The van der Waals surface area contributed by atoms with Crippen molar-refractivity contribution in [3.05, 3.63) is 95.6 Å². The number of fused-ring (bicyclic) bond motifs is 1. The van der Waals surface area contributed by atoms with Crippen molar-refractivity contribution in [3.8, 4) is 0 Å². The van der Waals surface area contributed by atoms with Crippen LogP contribution in [0.1, 0.15) is 16.7 Å². The van der Waals surface area contributed by atoms with Gasteiger partial charge in [-0.2, -0.15) is 0 Å². The zero-order chi connectivity index (χ0) is 21.1. The normalized spacial score (nSPS) is 13.6. The summed E-state index contributed by atoms with van der Waals surface area (Å²) in [5.41, 5.74) is 3.68. The minimum atomic E-state index is -3.89. The van der Waals surface area contributed by atoms with Gasteiger partial charge in [-0.3, -0.25) is 9.10 Å². The van der Waals surface area contributed by atoms with E-state index in [4.69, 9.17) is 0 Å². The Kier molecular flexibility index (Phi) is 5.59. The maximum atomic E-state index is 13.5. The molecule has 3 aromatic carbocycles. The van der Waals surface area contributed by atoms with Crippen molar-refractivity contribution in [3.63, 3.8) is 0 Å². The van der Waals surface area contributed by atoms with E-state index in [2.05, 4.69) is 6.07 Å². The molecule has 0 N–H and O–H groups in total. The third kappa shape index (κ3) is 3.96. The summed E-state index contributed by atoms with van der Waals surface area (Å²) < 4.78 is 28.2. The fraction of sp³-hybridized carbons (Fsp3) is 0.208. The summed E-state index contributed by atoms with van der Waals surface area (Å²) in [6.07, 6.45) is 0.776. The molecule has 1 aliphatic heterocycles. The van der Waals surface area contributed by atoms with Crippen LogP contribution in [0.2, 0.25) is 0 Å². The van der Waals surface area contributed by atoms with Gasteiger partial charge in [0.15, 0.2) is 0 Å². The van der Waals surface area contributed by atoms with Gasteiger partial charge in [-0.15, -0.1) is 0 Å². The lowest BCUT2D eigenvalue weighted by atomic mass is 10.00. The van der Waals surface area contributed by atoms with Gasteiger partial charge in [-0.25, -0.2) is 8.42 Å². The Morgan fingerprint density at radius 2 is 1.53 bits per heavy atom. The average Bonchev–Trinajstić information content (AvgIpc) is 2.78. The number of sulfonamides is 1. The van der Waals surface area contributed by atoms with Gasteiger partial charge in [-0.1, -0.05) is 60.7 Å². The number of anilines is 1. The predicted octanol–water partition coefficient (Wildman–Crippen LogP) is 3.78. The van der Waals surface area contributed by atoms with Crippen LogP contribution < -0.4 is 4.31 Å². The van der Waals surface area contributed by atoms with E-state index in [9.17, 15) is 13.2 Å². The van der Waals surface area contributed by atoms with Crippen LogP contribution in [0.15, 0.2) is 83.8 Å². The van der Waals surface area contributed by atoms with E-state index in [0.29, 0.717) is 18.8 Å². The number of rotatable bonds is 5. The van der Waals surface area contributed by atoms with Gasteiger partial charge in [0.05, 0.1) is 10.6 Å². The summed E-state index contributed by atoms with van der Waals surface area (Å²) in [7, 11) is -3.89. The lowest BCUT2D eigenvalue weighted by Crippen LogP contribution is -2.45. The Morgan fingerprint density at radius 1 is 0.900 bits per heavy atom. The van der Waals surface area contributed by atoms with Gasteiger partial charge in [0.25, 0.3) is 10.0 Å².